The van der Waals surface area contributed by atoms with Crippen LogP contribution < -0.4 is 4.90 Å². The van der Waals surface area contributed by atoms with E-state index in [9.17, 15) is 14.7 Å². The monoisotopic (exact) mass is 343 g/mol. The van der Waals surface area contributed by atoms with Crippen LogP contribution in [-0.2, 0) is 4.79 Å². The van der Waals surface area contributed by atoms with Crippen LogP contribution in [-0.4, -0.2) is 53.7 Å². The molecule has 2 heterocycles. The minimum atomic E-state index is -1.08. The Balaban J connectivity index is 1.84. The van der Waals surface area contributed by atoms with Crippen LogP contribution in [0.3, 0.4) is 0 Å². The first kappa shape index (κ1) is 17.0. The molecule has 1 aromatic heterocycles. The summed E-state index contributed by atoms with van der Waals surface area (Å²) in [5, 5.41) is 13.6. The maximum Gasteiger partial charge on any atom is 0.343 e. The molecule has 7 heteroatoms. The smallest absolute Gasteiger partial charge is 0.343 e. The largest absolute Gasteiger partial charge is 0.477 e. The number of hydrogen-bond donors (Lipinski definition) is 1. The van der Waals surface area contributed by atoms with Gasteiger partial charge in [0, 0.05) is 44.6 Å². The van der Waals surface area contributed by atoms with Gasteiger partial charge in [-0.1, -0.05) is 35.5 Å². The molecule has 2 aromatic rings. The summed E-state index contributed by atoms with van der Waals surface area (Å²) in [6.07, 6.45) is 0.476. The molecule has 0 radical (unpaired) electrons. The van der Waals surface area contributed by atoms with E-state index in [4.69, 9.17) is 4.52 Å². The molecule has 25 heavy (non-hydrogen) atoms. The van der Waals surface area contributed by atoms with Crippen LogP contribution in [0.1, 0.15) is 23.7 Å². The topological polar surface area (TPSA) is 86.9 Å². The molecule has 1 amide bonds. The van der Waals surface area contributed by atoms with E-state index in [0.717, 1.165) is 0 Å². The Labute approximate surface area is 145 Å². The number of carboxylic acid groups (broad SMARTS) is 1. The summed E-state index contributed by atoms with van der Waals surface area (Å²) in [6, 6.07) is 9.05. The molecule has 1 atom stereocenters. The van der Waals surface area contributed by atoms with Gasteiger partial charge in [0.1, 0.15) is 0 Å². The van der Waals surface area contributed by atoms with E-state index in [0.29, 0.717) is 31.6 Å². The Morgan fingerprint density at radius 1 is 1.40 bits per heavy atom. The molecule has 0 saturated carbocycles. The van der Waals surface area contributed by atoms with Crippen molar-refractivity contribution in [2.75, 3.05) is 31.6 Å². The first-order valence-corrected chi connectivity index (χ1v) is 8.28. The number of hydrogen-bond acceptors (Lipinski definition) is 5. The minimum absolute atomic E-state index is 0.0466. The number of carbonyl (C=O) groups excluding carboxylic acids is 1. The van der Waals surface area contributed by atoms with Gasteiger partial charge in [0.15, 0.2) is 17.1 Å². The Morgan fingerprint density at radius 2 is 2.12 bits per heavy atom. The fourth-order valence-corrected chi connectivity index (χ4v) is 3.28. The molecule has 0 bridgehead atoms. The molecule has 132 valence electrons. The van der Waals surface area contributed by atoms with E-state index in [2.05, 4.69) is 5.16 Å². The van der Waals surface area contributed by atoms with Crippen molar-refractivity contribution in [2.24, 2.45) is 5.92 Å². The van der Waals surface area contributed by atoms with Gasteiger partial charge in [-0.2, -0.15) is 0 Å². The van der Waals surface area contributed by atoms with E-state index < -0.39 is 5.97 Å². The zero-order valence-corrected chi connectivity index (χ0v) is 14.3. The van der Waals surface area contributed by atoms with E-state index in [1.165, 1.54) is 0 Å². The van der Waals surface area contributed by atoms with E-state index >= 15 is 0 Å². The summed E-state index contributed by atoms with van der Waals surface area (Å²) < 4.78 is 5.34. The molecule has 1 fully saturated rings. The Hall–Kier alpha value is -2.83. The number of likely N-dealkylation sites (tertiary alicyclic amines) is 1. The lowest BCUT2D eigenvalue weighted by Gasteiger charge is -2.21. The van der Waals surface area contributed by atoms with Gasteiger partial charge in [0.05, 0.1) is 0 Å². The second kappa shape index (κ2) is 6.96. The van der Waals surface area contributed by atoms with Crippen molar-refractivity contribution in [1.82, 2.24) is 10.1 Å². The Morgan fingerprint density at radius 3 is 2.72 bits per heavy atom. The van der Waals surface area contributed by atoms with Crippen LogP contribution in [0.25, 0.3) is 11.3 Å². The van der Waals surface area contributed by atoms with Gasteiger partial charge in [-0.15, -0.1) is 0 Å². The Kier molecular flexibility index (Phi) is 4.74. The fourth-order valence-electron chi connectivity index (χ4n) is 3.28. The highest BCUT2D eigenvalue weighted by Crippen LogP contribution is 2.31. The summed E-state index contributed by atoms with van der Waals surface area (Å²) >= 11 is 0. The molecule has 7 nitrogen and oxygen atoms in total. The number of anilines is 1. The lowest BCUT2D eigenvalue weighted by atomic mass is 10.1. The normalized spacial score (nSPS) is 17.1. The van der Waals surface area contributed by atoms with Gasteiger partial charge < -0.3 is 19.4 Å². The highest BCUT2D eigenvalue weighted by atomic mass is 16.5. The van der Waals surface area contributed by atoms with Crippen LogP contribution in [0, 0.1) is 5.92 Å². The molecule has 0 spiro atoms. The molecular weight excluding hydrogens is 322 g/mol. The molecule has 3 rings (SSSR count). The van der Waals surface area contributed by atoms with E-state index in [1.54, 1.807) is 24.1 Å². The third kappa shape index (κ3) is 3.35. The molecule has 1 unspecified atom stereocenters. The molecule has 1 aliphatic rings. The lowest BCUT2D eigenvalue weighted by molar-refractivity contribution is -0.127. The molecule has 0 aliphatic carbocycles. The number of aromatic nitrogens is 1. The maximum absolute atomic E-state index is 11.9. The molecule has 1 N–H and O–H groups in total. The zero-order valence-electron chi connectivity index (χ0n) is 14.3. The number of nitrogens with zero attached hydrogens (tertiary/aromatic N) is 3. The van der Waals surface area contributed by atoms with Gasteiger partial charge >= 0.3 is 5.97 Å². The van der Waals surface area contributed by atoms with E-state index in [-0.39, 0.29) is 29.0 Å². The number of carbonyl (C=O) groups is 2. The second-order valence-corrected chi connectivity index (χ2v) is 6.26. The van der Waals surface area contributed by atoms with Gasteiger partial charge in [-0.05, 0) is 6.92 Å². The second-order valence-electron chi connectivity index (χ2n) is 6.26. The number of carboxylic acids is 1. The van der Waals surface area contributed by atoms with Crippen molar-refractivity contribution in [2.45, 2.75) is 13.3 Å². The first-order chi connectivity index (χ1) is 12.0. The quantitative estimate of drug-likeness (QED) is 0.866. The number of rotatable bonds is 6. The van der Waals surface area contributed by atoms with Gasteiger partial charge in [0.25, 0.3) is 0 Å². The zero-order chi connectivity index (χ0) is 18.0. The predicted molar refractivity (Wildman–Crippen MR) is 92.5 cm³/mol. The van der Waals surface area contributed by atoms with Crippen molar-refractivity contribution in [1.29, 1.82) is 0 Å². The standard InChI is InChI=1S/C18H21N3O4/c1-3-21-11-12(9-14(21)22)10-20(2)17-15(18(23)24)16(25-19-17)13-7-5-4-6-8-13/h4-8,12H,3,9-11H2,1-2H3,(H,23,24). The van der Waals surface area contributed by atoms with Crippen LogP contribution >= 0.6 is 0 Å². The number of amides is 1. The fraction of sp³-hybridized carbons (Fsp3) is 0.389. The molecular formula is C18H21N3O4. The average Bonchev–Trinajstić information content (AvgIpc) is 3.19. The van der Waals surface area contributed by atoms with Gasteiger partial charge in [-0.25, -0.2) is 4.79 Å². The third-order valence-electron chi connectivity index (χ3n) is 4.49. The van der Waals surface area contributed by atoms with Crippen LogP contribution in [0.4, 0.5) is 5.82 Å². The summed E-state index contributed by atoms with van der Waals surface area (Å²) in [6.45, 7) is 3.88. The summed E-state index contributed by atoms with van der Waals surface area (Å²) in [4.78, 5) is 27.2. The first-order valence-electron chi connectivity index (χ1n) is 8.28. The van der Waals surface area contributed by atoms with Crippen LogP contribution in [0.2, 0.25) is 0 Å². The molecule has 1 aliphatic heterocycles. The summed E-state index contributed by atoms with van der Waals surface area (Å²) in [5.41, 5.74) is 0.714. The third-order valence-corrected chi connectivity index (χ3v) is 4.49. The number of benzene rings is 1. The Bertz CT molecular complexity index is 772. The van der Waals surface area contributed by atoms with Crippen molar-refractivity contribution >= 4 is 17.7 Å². The van der Waals surface area contributed by atoms with Crippen molar-refractivity contribution in [3.63, 3.8) is 0 Å². The van der Waals surface area contributed by atoms with Gasteiger partial charge in [-0.3, -0.25) is 4.79 Å². The van der Waals surface area contributed by atoms with E-state index in [1.807, 2.05) is 30.0 Å². The van der Waals surface area contributed by atoms with Gasteiger partial charge in [0.2, 0.25) is 5.91 Å². The summed E-state index contributed by atoms with van der Waals surface area (Å²) in [5.74, 6) is -0.263. The van der Waals surface area contributed by atoms with Crippen molar-refractivity contribution in [3.8, 4) is 11.3 Å². The minimum Gasteiger partial charge on any atom is -0.477 e. The SMILES string of the molecule is CCN1CC(CN(C)c2noc(-c3ccccc3)c2C(=O)O)CC1=O. The predicted octanol–water partition coefficient (Wildman–Crippen LogP) is 2.34. The lowest BCUT2D eigenvalue weighted by Crippen LogP contribution is -2.29. The van der Waals surface area contributed by atoms with Crippen LogP contribution in [0.15, 0.2) is 34.9 Å². The molecule has 1 saturated heterocycles. The van der Waals surface area contributed by atoms with Crippen molar-refractivity contribution < 1.29 is 19.2 Å². The highest BCUT2D eigenvalue weighted by molar-refractivity contribution is 5.99. The maximum atomic E-state index is 11.9. The molecule has 1 aromatic carbocycles. The number of aromatic carboxylic acids is 1. The van der Waals surface area contributed by atoms with Crippen molar-refractivity contribution in [3.05, 3.63) is 35.9 Å². The summed E-state index contributed by atoms with van der Waals surface area (Å²) in [7, 11) is 1.78. The van der Waals surface area contributed by atoms with Crippen LogP contribution in [0.5, 0.6) is 0 Å². The average molecular weight is 343 g/mol. The highest BCUT2D eigenvalue weighted by Gasteiger charge is 2.32.